The lowest BCUT2D eigenvalue weighted by molar-refractivity contribution is 0.626. The van der Waals surface area contributed by atoms with Crippen LogP contribution in [0.2, 0.25) is 0 Å². The lowest BCUT2D eigenvalue weighted by atomic mass is 10.1. The van der Waals surface area contributed by atoms with Gasteiger partial charge in [-0.1, -0.05) is 12.2 Å². The number of guanidine groups is 1. The summed E-state index contributed by atoms with van der Waals surface area (Å²) in [6, 6.07) is 8.36. The number of aryl methyl sites for hydroxylation is 1. The van der Waals surface area contributed by atoms with E-state index in [2.05, 4.69) is 38.9 Å². The Bertz CT molecular complexity index is 898. The Balaban J connectivity index is 1.59. The summed E-state index contributed by atoms with van der Waals surface area (Å²) in [5.74, 6) is 0.700. The molecule has 0 fully saturated rings. The topological polar surface area (TPSA) is 104 Å². The Morgan fingerprint density at radius 1 is 1.36 bits per heavy atom. The highest BCUT2D eigenvalue weighted by molar-refractivity contribution is 5.80. The Morgan fingerprint density at radius 3 is 2.71 bits per heavy atom. The molecule has 0 saturated carbocycles. The summed E-state index contributed by atoms with van der Waals surface area (Å²) in [4.78, 5) is 4.24. The van der Waals surface area contributed by atoms with Crippen molar-refractivity contribution in [3.8, 4) is 11.8 Å². The van der Waals surface area contributed by atoms with Gasteiger partial charge in [-0.2, -0.15) is 10.4 Å². The molecule has 146 valence electrons. The van der Waals surface area contributed by atoms with Crippen LogP contribution in [0.3, 0.4) is 0 Å². The summed E-state index contributed by atoms with van der Waals surface area (Å²) in [6.45, 7) is 0.688. The number of hydrogen-bond acceptors (Lipinski definition) is 4. The number of nitriles is 1. The van der Waals surface area contributed by atoms with Crippen molar-refractivity contribution in [1.82, 2.24) is 20.4 Å². The molecule has 1 aliphatic rings. The van der Waals surface area contributed by atoms with Crippen molar-refractivity contribution < 1.29 is 4.39 Å². The highest BCUT2D eigenvalue weighted by atomic mass is 19.1. The zero-order valence-electron chi connectivity index (χ0n) is 15.8. The summed E-state index contributed by atoms with van der Waals surface area (Å²) in [7, 11) is 1.75. The molecule has 1 aliphatic carbocycles. The van der Waals surface area contributed by atoms with E-state index in [0.717, 1.165) is 25.2 Å². The van der Waals surface area contributed by atoms with E-state index >= 15 is 0 Å². The molecule has 3 rings (SSSR count). The summed E-state index contributed by atoms with van der Waals surface area (Å²) < 4.78 is 14.6. The van der Waals surface area contributed by atoms with Crippen LogP contribution < -0.4 is 16.4 Å². The molecule has 8 heteroatoms. The van der Waals surface area contributed by atoms with Crippen LogP contribution in [-0.2, 0) is 6.42 Å². The molecule has 2 aromatic rings. The fourth-order valence-electron chi connectivity index (χ4n) is 3.14. The molecule has 0 unspecified atom stereocenters. The first kappa shape index (κ1) is 19.4. The van der Waals surface area contributed by atoms with Crippen molar-refractivity contribution in [3.05, 3.63) is 53.5 Å². The van der Waals surface area contributed by atoms with Crippen LogP contribution in [0.4, 0.5) is 10.2 Å². The van der Waals surface area contributed by atoms with Crippen molar-refractivity contribution in [2.75, 3.05) is 19.3 Å². The molecule has 4 N–H and O–H groups in total. The molecule has 0 atom stereocenters. The smallest absolute Gasteiger partial charge is 0.191 e. The van der Waals surface area contributed by atoms with E-state index in [0.29, 0.717) is 36.0 Å². The van der Waals surface area contributed by atoms with E-state index in [1.54, 1.807) is 19.2 Å². The normalized spacial score (nSPS) is 14.2. The van der Waals surface area contributed by atoms with Gasteiger partial charge >= 0.3 is 0 Å². The number of aliphatic imine (C=N–C) groups is 1. The number of rotatable bonds is 6. The van der Waals surface area contributed by atoms with Crippen molar-refractivity contribution >= 4 is 11.8 Å². The third-order valence-corrected chi connectivity index (χ3v) is 4.63. The predicted octanol–water partition coefficient (Wildman–Crippen LogP) is 2.28. The van der Waals surface area contributed by atoms with E-state index in [1.807, 2.05) is 0 Å². The molecule has 0 saturated heterocycles. The van der Waals surface area contributed by atoms with Crippen LogP contribution in [0, 0.1) is 17.1 Å². The van der Waals surface area contributed by atoms with Gasteiger partial charge in [-0.25, -0.2) is 9.07 Å². The van der Waals surface area contributed by atoms with Crippen molar-refractivity contribution in [2.45, 2.75) is 31.7 Å². The summed E-state index contributed by atoms with van der Waals surface area (Å²) in [5, 5.41) is 20.6. The first-order chi connectivity index (χ1) is 13.6. The molecular formula is C20H24FN7. The van der Waals surface area contributed by atoms with Gasteiger partial charge in [0.05, 0.1) is 11.4 Å². The monoisotopic (exact) mass is 381 g/mol. The summed E-state index contributed by atoms with van der Waals surface area (Å²) >= 11 is 0. The van der Waals surface area contributed by atoms with E-state index in [9.17, 15) is 9.65 Å². The average Bonchev–Trinajstić information content (AvgIpc) is 3.32. The first-order valence-electron chi connectivity index (χ1n) is 9.28. The SMILES string of the molecule is CN=C(NCCCc1nn(-c2ccc(F)cc2)c(N)c1C#N)NC1CC=CC1. The summed E-state index contributed by atoms with van der Waals surface area (Å²) in [5.41, 5.74) is 7.70. The second kappa shape index (κ2) is 9.04. The van der Waals surface area contributed by atoms with Gasteiger partial charge in [0.2, 0.25) is 0 Å². The fourth-order valence-corrected chi connectivity index (χ4v) is 3.14. The Morgan fingerprint density at radius 2 is 2.07 bits per heavy atom. The minimum atomic E-state index is -0.336. The van der Waals surface area contributed by atoms with Crippen molar-refractivity contribution in [2.24, 2.45) is 4.99 Å². The highest BCUT2D eigenvalue weighted by Crippen LogP contribution is 2.21. The third-order valence-electron chi connectivity index (χ3n) is 4.63. The highest BCUT2D eigenvalue weighted by Gasteiger charge is 2.16. The number of aromatic nitrogens is 2. The van der Waals surface area contributed by atoms with Gasteiger partial charge in [-0.05, 0) is 49.9 Å². The van der Waals surface area contributed by atoms with E-state index in [4.69, 9.17) is 5.73 Å². The molecule has 0 spiro atoms. The molecule has 0 bridgehead atoms. The van der Waals surface area contributed by atoms with Crippen LogP contribution in [0.5, 0.6) is 0 Å². The molecule has 1 aromatic carbocycles. The maximum atomic E-state index is 13.1. The molecule has 0 aliphatic heterocycles. The van der Waals surface area contributed by atoms with Crippen molar-refractivity contribution in [3.63, 3.8) is 0 Å². The van der Waals surface area contributed by atoms with Gasteiger partial charge in [-0.3, -0.25) is 4.99 Å². The number of nitrogens with one attached hydrogen (secondary N) is 2. The van der Waals surface area contributed by atoms with Crippen LogP contribution >= 0.6 is 0 Å². The second-order valence-corrected chi connectivity index (χ2v) is 6.59. The van der Waals surface area contributed by atoms with Crippen LogP contribution in [-0.4, -0.2) is 35.4 Å². The number of benzene rings is 1. The van der Waals surface area contributed by atoms with Gasteiger partial charge in [0.1, 0.15) is 23.3 Å². The zero-order chi connectivity index (χ0) is 19.9. The van der Waals surface area contributed by atoms with Crippen LogP contribution in [0.15, 0.2) is 41.4 Å². The Hall–Kier alpha value is -3.34. The number of nitrogens with zero attached hydrogens (tertiary/aromatic N) is 4. The minimum absolute atomic E-state index is 0.267. The maximum Gasteiger partial charge on any atom is 0.191 e. The van der Waals surface area contributed by atoms with Crippen LogP contribution in [0.25, 0.3) is 5.69 Å². The molecule has 1 aromatic heterocycles. The van der Waals surface area contributed by atoms with Gasteiger partial charge in [0, 0.05) is 19.6 Å². The maximum absolute atomic E-state index is 13.1. The lowest BCUT2D eigenvalue weighted by Crippen LogP contribution is -2.42. The number of nitrogens with two attached hydrogens (primary N) is 1. The number of nitrogen functional groups attached to an aromatic ring is 1. The minimum Gasteiger partial charge on any atom is -0.382 e. The van der Waals surface area contributed by atoms with Crippen molar-refractivity contribution in [1.29, 1.82) is 5.26 Å². The zero-order valence-corrected chi connectivity index (χ0v) is 15.8. The summed E-state index contributed by atoms with van der Waals surface area (Å²) in [6.07, 6.45) is 7.69. The molecule has 28 heavy (non-hydrogen) atoms. The van der Waals surface area contributed by atoms with E-state index in [1.165, 1.54) is 16.8 Å². The van der Waals surface area contributed by atoms with Gasteiger partial charge in [0.15, 0.2) is 5.96 Å². The fraction of sp³-hybridized carbons (Fsp3) is 0.350. The second-order valence-electron chi connectivity index (χ2n) is 6.59. The lowest BCUT2D eigenvalue weighted by Gasteiger charge is -2.16. The third kappa shape index (κ3) is 4.49. The number of hydrogen-bond donors (Lipinski definition) is 3. The van der Waals surface area contributed by atoms with Gasteiger partial charge < -0.3 is 16.4 Å². The predicted molar refractivity (Wildman–Crippen MR) is 108 cm³/mol. The molecular weight excluding hydrogens is 357 g/mol. The first-order valence-corrected chi connectivity index (χ1v) is 9.28. The van der Waals surface area contributed by atoms with E-state index < -0.39 is 0 Å². The standard InChI is InChI=1S/C20H24FN7/c1-24-20(26-15-5-2-3-6-15)25-12-4-7-18-17(13-22)19(23)28(27-18)16-10-8-14(21)9-11-16/h2-3,8-11,15H,4-7,12,23H2,1H3,(H2,24,25,26). The van der Waals surface area contributed by atoms with Crippen LogP contribution in [0.1, 0.15) is 30.5 Å². The Labute approximate surface area is 163 Å². The molecule has 1 heterocycles. The molecule has 0 amide bonds. The molecule has 7 nitrogen and oxygen atoms in total. The Kier molecular flexibility index (Phi) is 6.27. The largest absolute Gasteiger partial charge is 0.382 e. The molecule has 0 radical (unpaired) electrons. The average molecular weight is 381 g/mol. The quantitative estimate of drug-likeness (QED) is 0.308. The number of halogens is 1. The van der Waals surface area contributed by atoms with Gasteiger partial charge in [0.25, 0.3) is 0 Å². The number of anilines is 1. The van der Waals surface area contributed by atoms with Gasteiger partial charge in [-0.15, -0.1) is 0 Å². The van der Waals surface area contributed by atoms with E-state index in [-0.39, 0.29) is 11.6 Å².